The van der Waals surface area contributed by atoms with Crippen LogP contribution in [-0.2, 0) is 22.7 Å². The minimum atomic E-state index is -0.907. The second kappa shape index (κ2) is 16.8. The van der Waals surface area contributed by atoms with Crippen LogP contribution in [0.2, 0.25) is 0 Å². The van der Waals surface area contributed by atoms with E-state index < -0.39 is 11.6 Å². The number of benzene rings is 4. The maximum absolute atomic E-state index is 13.4. The Morgan fingerprint density at radius 1 is 0.833 bits per heavy atom. The first kappa shape index (κ1) is 36.5. The highest BCUT2D eigenvalue weighted by Gasteiger charge is 2.38. The number of nitriles is 3. The van der Waals surface area contributed by atoms with Crippen LogP contribution in [0, 0.1) is 34.0 Å². The van der Waals surface area contributed by atoms with Crippen molar-refractivity contribution in [2.24, 2.45) is 0 Å². The normalized spacial score (nSPS) is 14.8. The van der Waals surface area contributed by atoms with Gasteiger partial charge in [-0.15, -0.1) is 0 Å². The van der Waals surface area contributed by atoms with Crippen LogP contribution in [0.4, 0.5) is 5.69 Å². The van der Waals surface area contributed by atoms with Crippen LogP contribution >= 0.6 is 0 Å². The molecule has 0 saturated heterocycles. The van der Waals surface area contributed by atoms with Crippen molar-refractivity contribution < 1.29 is 23.7 Å². The summed E-state index contributed by atoms with van der Waals surface area (Å²) >= 11 is 0. The number of carbonyl (C=O) groups is 1. The average molecular weight is 713 g/mol. The number of esters is 1. The lowest BCUT2D eigenvalue weighted by atomic mass is 9.94. The van der Waals surface area contributed by atoms with Crippen LogP contribution in [0.15, 0.2) is 156 Å². The minimum Gasteiger partial charge on any atom is -0.489 e. The minimum absolute atomic E-state index is 0.0000163. The molecule has 0 spiro atoms. The van der Waals surface area contributed by atoms with Gasteiger partial charge in [-0.25, -0.2) is 4.79 Å². The molecule has 266 valence electrons. The SMILES string of the molecule is CC1(C)OC(=C(C#N)C#N)C(C#N)=C1/C=C/C=C1/C=CN(CCOC(=O)c2cc(OCc3ccccc3)cc(OCc3ccccc3)c2)c2ccccc21. The number of hydrogen-bond donors (Lipinski definition) is 0. The van der Waals surface area contributed by atoms with E-state index in [0.717, 1.165) is 28.0 Å². The third-order valence-corrected chi connectivity index (χ3v) is 8.74. The second-order valence-corrected chi connectivity index (χ2v) is 12.8. The third kappa shape index (κ3) is 8.60. The highest BCUT2D eigenvalue weighted by molar-refractivity contribution is 5.90. The standard InChI is InChI=1S/C45H36N4O5/c1-45(2)41(40(29-48)43(54-45)36(27-46)28-47)18-11-16-34-20-21-49(42-19-10-9-17-39(34)42)22-23-51-44(50)35-24-37(52-30-32-12-5-3-6-13-32)26-38(25-35)53-31-33-14-7-4-8-15-33/h3-21,24-26H,22-23,30-31H2,1-2H3/b18-11+,34-16-. The Hall–Kier alpha value is -7.28. The Morgan fingerprint density at radius 3 is 2.06 bits per heavy atom. The van der Waals surface area contributed by atoms with Gasteiger partial charge in [0.05, 0.1) is 12.1 Å². The van der Waals surface area contributed by atoms with Crippen molar-refractivity contribution in [3.05, 3.63) is 178 Å². The van der Waals surface area contributed by atoms with Crippen molar-refractivity contribution in [1.29, 1.82) is 15.8 Å². The van der Waals surface area contributed by atoms with Crippen LogP contribution < -0.4 is 14.4 Å². The quantitative estimate of drug-likeness (QED) is 0.104. The van der Waals surface area contributed by atoms with Gasteiger partial charge < -0.3 is 23.8 Å². The molecule has 0 amide bonds. The zero-order valence-electron chi connectivity index (χ0n) is 29.9. The van der Waals surface area contributed by atoms with Gasteiger partial charge in [-0.3, -0.25) is 0 Å². The lowest BCUT2D eigenvalue weighted by Gasteiger charge is -2.27. The fourth-order valence-electron chi connectivity index (χ4n) is 6.04. The van der Waals surface area contributed by atoms with E-state index in [9.17, 15) is 20.6 Å². The number of nitrogens with zero attached hydrogens (tertiary/aromatic N) is 4. The highest BCUT2D eigenvalue weighted by atomic mass is 16.5. The van der Waals surface area contributed by atoms with Crippen molar-refractivity contribution in [2.75, 3.05) is 18.1 Å². The molecule has 0 aromatic heterocycles. The molecule has 4 aromatic rings. The molecular formula is C45H36N4O5. The first-order chi connectivity index (χ1) is 26.3. The molecule has 0 fully saturated rings. The summed E-state index contributed by atoms with van der Waals surface area (Å²) in [5, 5.41) is 28.6. The molecule has 2 aliphatic rings. The summed E-state index contributed by atoms with van der Waals surface area (Å²) in [6.45, 7) is 4.76. The molecule has 0 radical (unpaired) electrons. The number of hydrogen-bond acceptors (Lipinski definition) is 9. The fourth-order valence-corrected chi connectivity index (χ4v) is 6.04. The smallest absolute Gasteiger partial charge is 0.338 e. The van der Waals surface area contributed by atoms with Crippen LogP contribution in [0.25, 0.3) is 5.57 Å². The van der Waals surface area contributed by atoms with Gasteiger partial charge in [-0.1, -0.05) is 97.1 Å². The van der Waals surface area contributed by atoms with Gasteiger partial charge in [0.1, 0.15) is 60.7 Å². The first-order valence-electron chi connectivity index (χ1n) is 17.3. The lowest BCUT2D eigenvalue weighted by molar-refractivity contribution is 0.0515. The Labute approximate surface area is 314 Å². The number of allylic oxidation sites excluding steroid dienone is 6. The number of carbonyl (C=O) groups excluding carboxylic acids is 1. The molecule has 0 aliphatic carbocycles. The maximum Gasteiger partial charge on any atom is 0.338 e. The van der Waals surface area contributed by atoms with E-state index in [1.54, 1.807) is 38.1 Å². The van der Waals surface area contributed by atoms with E-state index in [2.05, 4.69) is 6.07 Å². The predicted molar refractivity (Wildman–Crippen MR) is 204 cm³/mol. The number of para-hydroxylation sites is 1. The van der Waals surface area contributed by atoms with Gasteiger partial charge in [-0.2, -0.15) is 15.8 Å². The van der Waals surface area contributed by atoms with Crippen molar-refractivity contribution in [3.63, 3.8) is 0 Å². The largest absolute Gasteiger partial charge is 0.489 e. The Bertz CT molecular complexity index is 2240. The Morgan fingerprint density at radius 2 is 1.44 bits per heavy atom. The molecule has 0 bridgehead atoms. The molecule has 0 unspecified atom stereocenters. The maximum atomic E-state index is 13.4. The van der Waals surface area contributed by atoms with Crippen LogP contribution in [0.5, 0.6) is 11.5 Å². The van der Waals surface area contributed by atoms with Crippen molar-refractivity contribution in [1.82, 2.24) is 0 Å². The Balaban J connectivity index is 1.14. The number of fused-ring (bicyclic) bond motifs is 1. The molecule has 9 nitrogen and oxygen atoms in total. The number of anilines is 1. The summed E-state index contributed by atoms with van der Waals surface area (Å²) in [6.07, 6.45) is 9.41. The summed E-state index contributed by atoms with van der Waals surface area (Å²) in [5.41, 5.74) is 4.72. The summed E-state index contributed by atoms with van der Waals surface area (Å²) < 4.78 is 23.8. The average Bonchev–Trinajstić information content (AvgIpc) is 3.46. The van der Waals surface area contributed by atoms with Crippen LogP contribution in [0.3, 0.4) is 0 Å². The molecule has 2 heterocycles. The van der Waals surface area contributed by atoms with Gasteiger partial charge in [0, 0.05) is 29.1 Å². The monoisotopic (exact) mass is 712 g/mol. The van der Waals surface area contributed by atoms with E-state index in [1.165, 1.54) is 0 Å². The molecule has 0 N–H and O–H groups in total. The van der Waals surface area contributed by atoms with Crippen LogP contribution in [0.1, 0.15) is 40.9 Å². The summed E-state index contributed by atoms with van der Waals surface area (Å²) in [6, 6.07) is 38.3. The van der Waals surface area contributed by atoms with Crippen LogP contribution in [-0.4, -0.2) is 24.7 Å². The molecule has 2 aliphatic heterocycles. The second-order valence-electron chi connectivity index (χ2n) is 12.8. The molecule has 9 heteroatoms. The van der Waals surface area contributed by atoms with Crippen molar-refractivity contribution in [2.45, 2.75) is 32.7 Å². The summed E-state index contributed by atoms with van der Waals surface area (Å²) in [5.74, 6) is 0.491. The topological polar surface area (TPSA) is 129 Å². The van der Waals surface area contributed by atoms with E-state index in [0.29, 0.717) is 42.4 Å². The zero-order chi connectivity index (χ0) is 37.9. The number of ether oxygens (including phenoxy) is 4. The Kier molecular flexibility index (Phi) is 11.4. The van der Waals surface area contributed by atoms with Crippen molar-refractivity contribution in [3.8, 4) is 29.7 Å². The summed E-state index contributed by atoms with van der Waals surface area (Å²) in [4.78, 5) is 15.4. The lowest BCUT2D eigenvalue weighted by Crippen LogP contribution is -2.25. The zero-order valence-corrected chi connectivity index (χ0v) is 29.9. The molecule has 6 rings (SSSR count). The van der Waals surface area contributed by atoms with Gasteiger partial charge >= 0.3 is 5.97 Å². The van der Waals surface area contributed by atoms with Gasteiger partial charge in [0.15, 0.2) is 11.3 Å². The van der Waals surface area contributed by atoms with Gasteiger partial charge in [-0.05, 0) is 54.8 Å². The highest BCUT2D eigenvalue weighted by Crippen LogP contribution is 2.40. The fraction of sp³-hybridized carbons (Fsp3) is 0.156. The molecule has 0 atom stereocenters. The molecule has 0 saturated carbocycles. The third-order valence-electron chi connectivity index (χ3n) is 8.74. The van der Waals surface area contributed by atoms with Crippen molar-refractivity contribution >= 4 is 17.2 Å². The van der Waals surface area contributed by atoms with Gasteiger partial charge in [0.2, 0.25) is 0 Å². The van der Waals surface area contributed by atoms with E-state index >= 15 is 0 Å². The van der Waals surface area contributed by atoms with E-state index in [1.807, 2.05) is 126 Å². The predicted octanol–water partition coefficient (Wildman–Crippen LogP) is 8.91. The van der Waals surface area contributed by atoms with Gasteiger partial charge in [0.25, 0.3) is 0 Å². The van der Waals surface area contributed by atoms with E-state index in [4.69, 9.17) is 18.9 Å². The number of rotatable bonds is 12. The molecule has 54 heavy (non-hydrogen) atoms. The molecule has 4 aromatic carbocycles. The summed E-state index contributed by atoms with van der Waals surface area (Å²) in [7, 11) is 0. The van der Waals surface area contributed by atoms with E-state index in [-0.39, 0.29) is 23.5 Å². The molecular weight excluding hydrogens is 677 g/mol. The first-order valence-corrected chi connectivity index (χ1v) is 17.3.